The van der Waals surface area contributed by atoms with Crippen molar-refractivity contribution >= 4 is 17.3 Å². The highest BCUT2D eigenvalue weighted by atomic mass is 16.5. The summed E-state index contributed by atoms with van der Waals surface area (Å²) in [6, 6.07) is 5.59. The van der Waals surface area contributed by atoms with Crippen molar-refractivity contribution in [1.29, 1.82) is 0 Å². The van der Waals surface area contributed by atoms with Gasteiger partial charge in [0.25, 0.3) is 0 Å². The lowest BCUT2D eigenvalue weighted by Crippen LogP contribution is -2.50. The highest BCUT2D eigenvalue weighted by molar-refractivity contribution is 5.92. The molecule has 4 heteroatoms. The van der Waals surface area contributed by atoms with E-state index in [0.29, 0.717) is 5.56 Å². The third-order valence-electron chi connectivity index (χ3n) is 3.40. The van der Waals surface area contributed by atoms with Crippen LogP contribution in [0.1, 0.15) is 24.2 Å². The Morgan fingerprint density at radius 1 is 1.47 bits per heavy atom. The average molecular weight is 234 g/mol. The molecule has 0 radical (unpaired) electrons. The van der Waals surface area contributed by atoms with E-state index in [4.69, 9.17) is 4.74 Å². The summed E-state index contributed by atoms with van der Waals surface area (Å²) in [5, 5.41) is 3.35. The number of anilines is 2. The zero-order valence-electron chi connectivity index (χ0n) is 10.7. The van der Waals surface area contributed by atoms with Crippen LogP contribution in [0, 0.1) is 0 Å². The normalized spacial score (nSPS) is 17.1. The first-order valence-corrected chi connectivity index (χ1v) is 5.66. The molecular formula is C13H18N2O2. The van der Waals surface area contributed by atoms with Gasteiger partial charge in [-0.1, -0.05) is 0 Å². The number of nitrogens with zero attached hydrogens (tertiary/aromatic N) is 1. The lowest BCUT2D eigenvalue weighted by Gasteiger charge is -2.43. The number of carbonyl (C=O) groups excluding carboxylic acids is 1. The average Bonchev–Trinajstić information content (AvgIpc) is 2.33. The fourth-order valence-electron chi connectivity index (χ4n) is 1.97. The van der Waals surface area contributed by atoms with Crippen molar-refractivity contribution < 1.29 is 9.53 Å². The fraction of sp³-hybridized carbons (Fsp3) is 0.462. The number of hydrogen-bond donors (Lipinski definition) is 1. The molecule has 1 N–H and O–H groups in total. The van der Waals surface area contributed by atoms with Crippen molar-refractivity contribution in [2.75, 3.05) is 30.9 Å². The molecule has 0 saturated heterocycles. The summed E-state index contributed by atoms with van der Waals surface area (Å²) in [7, 11) is 3.46. The van der Waals surface area contributed by atoms with Crippen LogP contribution < -0.4 is 10.2 Å². The SMILES string of the molecule is COC(=O)c1ccc2c(c1)NCC(C)(C)N2C. The molecular weight excluding hydrogens is 216 g/mol. The highest BCUT2D eigenvalue weighted by Crippen LogP contribution is 2.35. The maximum Gasteiger partial charge on any atom is 0.337 e. The molecule has 1 aliphatic heterocycles. The highest BCUT2D eigenvalue weighted by Gasteiger charge is 2.30. The number of carbonyl (C=O) groups is 1. The van der Waals surface area contributed by atoms with Crippen molar-refractivity contribution in [3.8, 4) is 0 Å². The minimum absolute atomic E-state index is 0.0692. The van der Waals surface area contributed by atoms with Crippen LogP contribution in [0.5, 0.6) is 0 Å². The molecule has 17 heavy (non-hydrogen) atoms. The largest absolute Gasteiger partial charge is 0.465 e. The van der Waals surface area contributed by atoms with Gasteiger partial charge in [-0.3, -0.25) is 0 Å². The number of benzene rings is 1. The Labute approximate surface area is 102 Å². The van der Waals surface area contributed by atoms with Crippen molar-refractivity contribution in [1.82, 2.24) is 0 Å². The Hall–Kier alpha value is -1.71. The number of esters is 1. The van der Waals surface area contributed by atoms with Gasteiger partial charge in [-0.25, -0.2) is 4.79 Å². The van der Waals surface area contributed by atoms with E-state index in [1.165, 1.54) is 7.11 Å². The van der Waals surface area contributed by atoms with Gasteiger partial charge >= 0.3 is 5.97 Å². The Balaban J connectivity index is 2.40. The molecule has 0 saturated carbocycles. The van der Waals surface area contributed by atoms with E-state index in [2.05, 4.69) is 31.1 Å². The molecule has 0 amide bonds. The molecule has 2 rings (SSSR count). The number of likely N-dealkylation sites (N-methyl/N-ethyl adjacent to an activating group) is 1. The number of ether oxygens (including phenoxy) is 1. The van der Waals surface area contributed by atoms with E-state index in [1.807, 2.05) is 12.1 Å². The second-order valence-electron chi connectivity index (χ2n) is 4.95. The Kier molecular flexibility index (Phi) is 2.73. The van der Waals surface area contributed by atoms with E-state index in [1.54, 1.807) is 6.07 Å². The Morgan fingerprint density at radius 2 is 2.18 bits per heavy atom. The van der Waals surface area contributed by atoms with Crippen molar-refractivity contribution in [3.05, 3.63) is 23.8 Å². The minimum atomic E-state index is -0.304. The van der Waals surface area contributed by atoms with E-state index < -0.39 is 0 Å². The number of methoxy groups -OCH3 is 1. The van der Waals surface area contributed by atoms with Crippen LogP contribution in [-0.2, 0) is 4.74 Å². The van der Waals surface area contributed by atoms with Crippen molar-refractivity contribution in [2.45, 2.75) is 19.4 Å². The maximum atomic E-state index is 11.4. The molecule has 0 aliphatic carbocycles. The summed E-state index contributed by atoms with van der Waals surface area (Å²) >= 11 is 0. The molecule has 0 spiro atoms. The van der Waals surface area contributed by atoms with Gasteiger partial charge < -0.3 is 15.0 Å². The van der Waals surface area contributed by atoms with Crippen molar-refractivity contribution in [3.63, 3.8) is 0 Å². The van der Waals surface area contributed by atoms with Crippen LogP contribution in [0.2, 0.25) is 0 Å². The lowest BCUT2D eigenvalue weighted by molar-refractivity contribution is 0.0601. The topological polar surface area (TPSA) is 41.6 Å². The number of nitrogens with one attached hydrogen (secondary N) is 1. The second-order valence-corrected chi connectivity index (χ2v) is 4.95. The molecule has 0 unspecified atom stereocenters. The Bertz CT molecular complexity index is 455. The van der Waals surface area contributed by atoms with Gasteiger partial charge in [0.1, 0.15) is 0 Å². The number of hydrogen-bond acceptors (Lipinski definition) is 4. The quantitative estimate of drug-likeness (QED) is 0.756. The molecule has 1 aromatic carbocycles. The van der Waals surface area contributed by atoms with Gasteiger partial charge in [0, 0.05) is 13.6 Å². The van der Waals surface area contributed by atoms with Gasteiger partial charge in [-0.2, -0.15) is 0 Å². The van der Waals surface area contributed by atoms with Crippen LogP contribution in [0.15, 0.2) is 18.2 Å². The monoisotopic (exact) mass is 234 g/mol. The molecule has 0 bridgehead atoms. The van der Waals surface area contributed by atoms with Gasteiger partial charge in [0.2, 0.25) is 0 Å². The summed E-state index contributed by atoms with van der Waals surface area (Å²) in [6.07, 6.45) is 0. The molecule has 4 nitrogen and oxygen atoms in total. The van der Waals surface area contributed by atoms with Crippen LogP contribution in [0.4, 0.5) is 11.4 Å². The number of fused-ring (bicyclic) bond motifs is 1. The summed E-state index contributed by atoms with van der Waals surface area (Å²) in [6.45, 7) is 5.20. The zero-order valence-corrected chi connectivity index (χ0v) is 10.7. The van der Waals surface area contributed by atoms with Crippen LogP contribution in [0.3, 0.4) is 0 Å². The first kappa shape index (κ1) is 11.8. The van der Waals surface area contributed by atoms with Gasteiger partial charge in [0.15, 0.2) is 0 Å². The molecule has 1 aromatic rings. The van der Waals surface area contributed by atoms with Crippen LogP contribution in [-0.4, -0.2) is 32.2 Å². The summed E-state index contributed by atoms with van der Waals surface area (Å²) in [5.41, 5.74) is 2.73. The number of rotatable bonds is 1. The van der Waals surface area contributed by atoms with Crippen LogP contribution >= 0.6 is 0 Å². The third kappa shape index (κ3) is 1.95. The Morgan fingerprint density at radius 3 is 2.82 bits per heavy atom. The molecule has 0 fully saturated rings. The summed E-state index contributed by atoms with van der Waals surface area (Å²) < 4.78 is 4.71. The standard InChI is InChI=1S/C13H18N2O2/c1-13(2)8-14-10-7-9(12(16)17-4)5-6-11(10)15(13)3/h5-7,14H,8H2,1-4H3. The summed E-state index contributed by atoms with van der Waals surface area (Å²) in [5.74, 6) is -0.304. The van der Waals surface area contributed by atoms with E-state index in [0.717, 1.165) is 17.9 Å². The maximum absolute atomic E-state index is 11.4. The smallest absolute Gasteiger partial charge is 0.337 e. The van der Waals surface area contributed by atoms with Gasteiger partial charge in [-0.15, -0.1) is 0 Å². The van der Waals surface area contributed by atoms with Crippen molar-refractivity contribution in [2.24, 2.45) is 0 Å². The molecule has 92 valence electrons. The lowest BCUT2D eigenvalue weighted by atomic mass is 9.98. The predicted octanol–water partition coefficient (Wildman–Crippen LogP) is 2.11. The van der Waals surface area contributed by atoms with Gasteiger partial charge in [-0.05, 0) is 32.0 Å². The first-order chi connectivity index (χ1) is 7.95. The summed E-state index contributed by atoms with van der Waals surface area (Å²) in [4.78, 5) is 13.7. The van der Waals surface area contributed by atoms with Gasteiger partial charge in [0.05, 0.1) is 29.6 Å². The zero-order chi connectivity index (χ0) is 12.6. The van der Waals surface area contributed by atoms with Crippen LogP contribution in [0.25, 0.3) is 0 Å². The third-order valence-corrected chi connectivity index (χ3v) is 3.40. The molecule has 1 heterocycles. The molecule has 1 aliphatic rings. The molecule has 0 atom stereocenters. The van der Waals surface area contributed by atoms with E-state index in [9.17, 15) is 4.79 Å². The fourth-order valence-corrected chi connectivity index (χ4v) is 1.97. The predicted molar refractivity (Wildman–Crippen MR) is 68.8 cm³/mol. The van der Waals surface area contributed by atoms with E-state index in [-0.39, 0.29) is 11.5 Å². The van der Waals surface area contributed by atoms with E-state index >= 15 is 0 Å². The minimum Gasteiger partial charge on any atom is -0.465 e. The molecule has 0 aromatic heterocycles. The first-order valence-electron chi connectivity index (χ1n) is 5.66. The second kappa shape index (κ2) is 3.95.